The molecule has 1 unspecified atom stereocenters. The zero-order chi connectivity index (χ0) is 19.4. The van der Waals surface area contributed by atoms with Gasteiger partial charge in [0.1, 0.15) is 18.1 Å². The maximum atomic E-state index is 12.6. The number of halogens is 3. The van der Waals surface area contributed by atoms with Crippen LogP contribution in [0.1, 0.15) is 30.0 Å². The van der Waals surface area contributed by atoms with E-state index in [0.717, 1.165) is 17.7 Å². The Kier molecular flexibility index (Phi) is 5.58. The lowest BCUT2D eigenvalue weighted by Gasteiger charge is -2.25. The second-order valence-electron chi connectivity index (χ2n) is 6.15. The van der Waals surface area contributed by atoms with E-state index in [-0.39, 0.29) is 12.6 Å². The third-order valence-corrected chi connectivity index (χ3v) is 4.22. The van der Waals surface area contributed by atoms with E-state index in [9.17, 15) is 18.0 Å². The van der Waals surface area contributed by atoms with Crippen molar-refractivity contribution in [1.82, 2.24) is 0 Å². The van der Waals surface area contributed by atoms with Crippen LogP contribution in [0.25, 0.3) is 0 Å². The van der Waals surface area contributed by atoms with Gasteiger partial charge in [0.15, 0.2) is 6.10 Å². The number of aryl methyl sites for hydroxylation is 1. The number of benzene rings is 2. The Morgan fingerprint density at radius 1 is 1.19 bits per heavy atom. The molecule has 7 heteroatoms. The average Bonchev–Trinajstić information content (AvgIpc) is 2.65. The Balaban J connectivity index is 1.64. The number of rotatable bonds is 5. The predicted octanol–water partition coefficient (Wildman–Crippen LogP) is 4.54. The van der Waals surface area contributed by atoms with Gasteiger partial charge in [-0.25, -0.2) is 4.79 Å². The molecule has 2 aromatic rings. The van der Waals surface area contributed by atoms with Crippen molar-refractivity contribution in [2.24, 2.45) is 0 Å². The highest BCUT2D eigenvalue weighted by molar-refractivity contribution is 5.75. The number of hydrogen-bond acceptors (Lipinski definition) is 4. The number of fused-ring (bicyclic) bond motifs is 1. The van der Waals surface area contributed by atoms with Gasteiger partial charge in [-0.2, -0.15) is 13.2 Å². The highest BCUT2D eigenvalue weighted by atomic mass is 19.4. The lowest BCUT2D eigenvalue weighted by molar-refractivity contribution is -0.152. The van der Waals surface area contributed by atoms with Gasteiger partial charge in [0.25, 0.3) is 0 Å². The molecule has 0 N–H and O–H groups in total. The SMILES string of the molecule is CCOC(=O)C1CCc2ccc(OCc3ccc(C(F)(F)F)cc3)cc2O1. The topological polar surface area (TPSA) is 44.8 Å². The van der Waals surface area contributed by atoms with Crippen LogP contribution in [-0.4, -0.2) is 18.7 Å². The van der Waals surface area contributed by atoms with Crippen molar-refractivity contribution in [2.75, 3.05) is 6.61 Å². The predicted molar refractivity (Wildman–Crippen MR) is 91.6 cm³/mol. The Bertz CT molecular complexity index is 800. The molecule has 4 nitrogen and oxygen atoms in total. The van der Waals surface area contributed by atoms with Gasteiger partial charge < -0.3 is 14.2 Å². The Morgan fingerprint density at radius 3 is 2.59 bits per heavy atom. The van der Waals surface area contributed by atoms with Crippen LogP contribution in [0.5, 0.6) is 11.5 Å². The minimum atomic E-state index is -4.36. The lowest BCUT2D eigenvalue weighted by atomic mass is 10.0. The van der Waals surface area contributed by atoms with Crippen molar-refractivity contribution >= 4 is 5.97 Å². The van der Waals surface area contributed by atoms with Gasteiger partial charge in [-0.1, -0.05) is 18.2 Å². The summed E-state index contributed by atoms with van der Waals surface area (Å²) in [6, 6.07) is 10.1. The standard InChI is InChI=1S/C20H19F3O4/c1-2-25-19(24)17-10-6-14-5-9-16(11-18(14)27-17)26-12-13-3-7-15(8-4-13)20(21,22)23/h3-5,7-9,11,17H,2,6,10,12H2,1H3. The number of carbonyl (C=O) groups is 1. The van der Waals surface area contributed by atoms with Crippen molar-refractivity contribution in [2.45, 2.75) is 38.7 Å². The Morgan fingerprint density at radius 2 is 1.93 bits per heavy atom. The summed E-state index contributed by atoms with van der Waals surface area (Å²) in [6.07, 6.45) is -3.75. The summed E-state index contributed by atoms with van der Waals surface area (Å²) in [5.74, 6) is 0.682. The number of alkyl halides is 3. The smallest absolute Gasteiger partial charge is 0.416 e. The van der Waals surface area contributed by atoms with E-state index < -0.39 is 17.8 Å². The minimum absolute atomic E-state index is 0.123. The van der Waals surface area contributed by atoms with E-state index in [4.69, 9.17) is 14.2 Å². The van der Waals surface area contributed by atoms with Crippen molar-refractivity contribution in [3.05, 3.63) is 59.2 Å². The normalized spacial score (nSPS) is 16.2. The summed E-state index contributed by atoms with van der Waals surface area (Å²) in [5, 5.41) is 0. The molecule has 1 aliphatic heterocycles. The van der Waals surface area contributed by atoms with Crippen LogP contribution in [0, 0.1) is 0 Å². The molecule has 0 fully saturated rings. The average molecular weight is 380 g/mol. The van der Waals surface area contributed by atoms with E-state index in [1.807, 2.05) is 6.07 Å². The molecule has 0 aromatic heterocycles. The van der Waals surface area contributed by atoms with Crippen LogP contribution in [0.4, 0.5) is 13.2 Å². The molecule has 0 radical (unpaired) electrons. The lowest BCUT2D eigenvalue weighted by Crippen LogP contribution is -2.32. The zero-order valence-electron chi connectivity index (χ0n) is 14.7. The zero-order valence-corrected chi connectivity index (χ0v) is 14.7. The van der Waals surface area contributed by atoms with Gasteiger partial charge in [0.05, 0.1) is 12.2 Å². The molecule has 1 heterocycles. The van der Waals surface area contributed by atoms with E-state index >= 15 is 0 Å². The minimum Gasteiger partial charge on any atom is -0.489 e. The van der Waals surface area contributed by atoms with Gasteiger partial charge in [-0.05, 0) is 49.1 Å². The molecule has 0 bridgehead atoms. The third-order valence-electron chi connectivity index (χ3n) is 4.22. The van der Waals surface area contributed by atoms with Crippen molar-refractivity contribution in [3.63, 3.8) is 0 Å². The number of esters is 1. The van der Waals surface area contributed by atoms with Crippen LogP contribution >= 0.6 is 0 Å². The monoisotopic (exact) mass is 380 g/mol. The molecule has 1 atom stereocenters. The van der Waals surface area contributed by atoms with Gasteiger partial charge >= 0.3 is 12.1 Å². The molecule has 0 saturated carbocycles. The molecule has 144 valence electrons. The van der Waals surface area contributed by atoms with Crippen molar-refractivity contribution in [3.8, 4) is 11.5 Å². The molecular weight excluding hydrogens is 361 g/mol. The van der Waals surface area contributed by atoms with Crippen molar-refractivity contribution in [1.29, 1.82) is 0 Å². The molecule has 0 saturated heterocycles. The maximum absolute atomic E-state index is 12.6. The number of ether oxygens (including phenoxy) is 3. The van der Waals surface area contributed by atoms with Crippen LogP contribution in [0.15, 0.2) is 42.5 Å². The van der Waals surface area contributed by atoms with Gasteiger partial charge in [-0.3, -0.25) is 0 Å². The molecular formula is C20H19F3O4. The first-order valence-corrected chi connectivity index (χ1v) is 8.62. The first kappa shape index (κ1) is 19.1. The van der Waals surface area contributed by atoms with E-state index in [2.05, 4.69) is 0 Å². The molecule has 3 rings (SSSR count). The van der Waals surface area contributed by atoms with Gasteiger partial charge in [0.2, 0.25) is 0 Å². The summed E-state index contributed by atoms with van der Waals surface area (Å²) < 4.78 is 54.1. The third kappa shape index (κ3) is 4.72. The fraction of sp³-hybridized carbons (Fsp3) is 0.350. The molecule has 2 aromatic carbocycles. The molecule has 0 spiro atoms. The van der Waals surface area contributed by atoms with Gasteiger partial charge in [-0.15, -0.1) is 0 Å². The van der Waals surface area contributed by atoms with Crippen LogP contribution in [0.3, 0.4) is 0 Å². The first-order valence-electron chi connectivity index (χ1n) is 8.62. The van der Waals surface area contributed by atoms with E-state index in [1.54, 1.807) is 19.1 Å². The highest BCUT2D eigenvalue weighted by Gasteiger charge is 2.30. The fourth-order valence-corrected chi connectivity index (χ4v) is 2.80. The van der Waals surface area contributed by atoms with Crippen LogP contribution < -0.4 is 9.47 Å². The summed E-state index contributed by atoms with van der Waals surface area (Å²) in [7, 11) is 0. The molecule has 0 aliphatic carbocycles. The summed E-state index contributed by atoms with van der Waals surface area (Å²) >= 11 is 0. The van der Waals surface area contributed by atoms with E-state index in [1.165, 1.54) is 12.1 Å². The highest BCUT2D eigenvalue weighted by Crippen LogP contribution is 2.32. The maximum Gasteiger partial charge on any atom is 0.416 e. The fourth-order valence-electron chi connectivity index (χ4n) is 2.80. The first-order chi connectivity index (χ1) is 12.9. The Hall–Kier alpha value is -2.70. The van der Waals surface area contributed by atoms with Crippen molar-refractivity contribution < 1.29 is 32.2 Å². The van der Waals surface area contributed by atoms with Crippen LogP contribution in [0.2, 0.25) is 0 Å². The quantitative estimate of drug-likeness (QED) is 0.715. The largest absolute Gasteiger partial charge is 0.489 e. The van der Waals surface area contributed by atoms with E-state index in [0.29, 0.717) is 36.5 Å². The summed E-state index contributed by atoms with van der Waals surface area (Å²) in [4.78, 5) is 11.8. The Labute approximate surface area is 154 Å². The number of hydrogen-bond donors (Lipinski definition) is 0. The van der Waals surface area contributed by atoms with Gasteiger partial charge in [0, 0.05) is 6.07 Å². The molecule has 27 heavy (non-hydrogen) atoms. The van der Waals surface area contributed by atoms with Crippen LogP contribution in [-0.2, 0) is 28.7 Å². The summed E-state index contributed by atoms with van der Waals surface area (Å²) in [6.45, 7) is 2.15. The number of carbonyl (C=O) groups excluding carboxylic acids is 1. The molecule has 1 aliphatic rings. The second-order valence-corrected chi connectivity index (χ2v) is 6.15. The summed E-state index contributed by atoms with van der Waals surface area (Å²) in [5.41, 5.74) is 0.891. The molecule has 0 amide bonds. The second kappa shape index (κ2) is 7.90.